The second-order valence-electron chi connectivity index (χ2n) is 7.47. The van der Waals surface area contributed by atoms with Gasteiger partial charge in [-0.3, -0.25) is 15.2 Å². The lowest BCUT2D eigenvalue weighted by Gasteiger charge is -2.35. The van der Waals surface area contributed by atoms with Gasteiger partial charge >= 0.3 is 0 Å². The summed E-state index contributed by atoms with van der Waals surface area (Å²) in [5.74, 6) is 0.977. The van der Waals surface area contributed by atoms with Gasteiger partial charge in [-0.1, -0.05) is 13.8 Å². The Balaban J connectivity index is 2.02. The fourth-order valence-corrected chi connectivity index (χ4v) is 3.46. The van der Waals surface area contributed by atoms with Crippen molar-refractivity contribution in [3.8, 4) is 0 Å². The molecule has 0 aliphatic carbocycles. The van der Waals surface area contributed by atoms with Gasteiger partial charge in [0.25, 0.3) is 0 Å². The van der Waals surface area contributed by atoms with Gasteiger partial charge in [0.2, 0.25) is 5.91 Å². The van der Waals surface area contributed by atoms with Crippen molar-refractivity contribution in [2.75, 3.05) is 19.7 Å². The number of H-pyrrole nitrogens is 1. The minimum atomic E-state index is -0.181. The average molecular weight is 336 g/mol. The maximum atomic E-state index is 13.0. The van der Waals surface area contributed by atoms with Crippen LogP contribution in [0, 0.1) is 18.8 Å². The lowest BCUT2D eigenvalue weighted by molar-refractivity contribution is -0.135. The summed E-state index contributed by atoms with van der Waals surface area (Å²) in [4.78, 5) is 15.0. The third-order valence-electron chi connectivity index (χ3n) is 4.98. The molecule has 1 aliphatic heterocycles. The van der Waals surface area contributed by atoms with Gasteiger partial charge in [-0.25, -0.2) is 0 Å². The predicted octanol–water partition coefficient (Wildman–Crippen LogP) is 2.01. The summed E-state index contributed by atoms with van der Waals surface area (Å²) >= 11 is 0. The summed E-state index contributed by atoms with van der Waals surface area (Å²) in [5.41, 5.74) is 2.14. The van der Waals surface area contributed by atoms with Crippen molar-refractivity contribution in [3.05, 3.63) is 17.5 Å². The van der Waals surface area contributed by atoms with Crippen molar-refractivity contribution in [1.29, 1.82) is 0 Å². The molecule has 6 heteroatoms. The Morgan fingerprint density at radius 1 is 1.42 bits per heavy atom. The summed E-state index contributed by atoms with van der Waals surface area (Å²) in [6, 6.07) is -0.105. The van der Waals surface area contributed by atoms with Crippen LogP contribution in [-0.2, 0) is 4.79 Å². The van der Waals surface area contributed by atoms with Crippen LogP contribution >= 0.6 is 0 Å². The number of aryl methyl sites for hydroxylation is 1. The lowest BCUT2D eigenvalue weighted by atomic mass is 9.95. The summed E-state index contributed by atoms with van der Waals surface area (Å²) in [6.45, 7) is 10.1. The predicted molar refractivity (Wildman–Crippen MR) is 94.5 cm³/mol. The van der Waals surface area contributed by atoms with E-state index >= 15 is 0 Å². The van der Waals surface area contributed by atoms with Crippen LogP contribution in [0.15, 0.2) is 6.20 Å². The third kappa shape index (κ3) is 4.80. The molecule has 2 rings (SSSR count). The van der Waals surface area contributed by atoms with Crippen LogP contribution in [0.5, 0.6) is 0 Å². The normalized spacial score (nSPS) is 18.8. The molecular formula is C18H32N4O2. The number of rotatable bonds is 7. The van der Waals surface area contributed by atoms with Crippen LogP contribution < -0.4 is 5.32 Å². The first-order valence-electron chi connectivity index (χ1n) is 9.07. The summed E-state index contributed by atoms with van der Waals surface area (Å²) < 4.78 is 0. The minimum Gasteiger partial charge on any atom is -0.396 e. The van der Waals surface area contributed by atoms with Gasteiger partial charge < -0.3 is 10.0 Å². The monoisotopic (exact) mass is 336 g/mol. The Bertz CT molecular complexity index is 521. The molecule has 1 saturated heterocycles. The summed E-state index contributed by atoms with van der Waals surface area (Å²) in [5, 5.41) is 19.8. The molecule has 6 nitrogen and oxygen atoms in total. The fraction of sp³-hybridized carbons (Fsp3) is 0.778. The largest absolute Gasteiger partial charge is 0.396 e. The van der Waals surface area contributed by atoms with Crippen LogP contribution in [0.3, 0.4) is 0 Å². The van der Waals surface area contributed by atoms with E-state index in [0.717, 1.165) is 43.6 Å². The van der Waals surface area contributed by atoms with E-state index in [4.69, 9.17) is 0 Å². The van der Waals surface area contributed by atoms with Crippen molar-refractivity contribution in [2.45, 2.75) is 59.0 Å². The first kappa shape index (κ1) is 18.9. The number of hydrogen-bond donors (Lipinski definition) is 3. The molecule has 1 aromatic rings. The summed E-state index contributed by atoms with van der Waals surface area (Å²) in [7, 11) is 0. The molecule has 24 heavy (non-hydrogen) atoms. The van der Waals surface area contributed by atoms with E-state index < -0.39 is 0 Å². The molecule has 2 heterocycles. The van der Waals surface area contributed by atoms with Crippen LogP contribution in [0.1, 0.15) is 57.3 Å². The minimum absolute atomic E-state index is 0.0754. The highest BCUT2D eigenvalue weighted by atomic mass is 16.3. The molecule has 2 atom stereocenters. The number of aliphatic hydroxyl groups excluding tert-OH is 1. The van der Waals surface area contributed by atoms with Crippen molar-refractivity contribution in [2.24, 2.45) is 11.8 Å². The van der Waals surface area contributed by atoms with Gasteiger partial charge in [-0.05, 0) is 44.9 Å². The molecule has 1 aromatic heterocycles. The van der Waals surface area contributed by atoms with Crippen LogP contribution in [0.25, 0.3) is 0 Å². The highest BCUT2D eigenvalue weighted by Gasteiger charge is 2.29. The molecular weight excluding hydrogens is 304 g/mol. The molecule has 0 bridgehead atoms. The Labute approximate surface area is 145 Å². The topological polar surface area (TPSA) is 81.2 Å². The molecule has 0 spiro atoms. The van der Waals surface area contributed by atoms with Crippen molar-refractivity contribution >= 4 is 5.91 Å². The third-order valence-corrected chi connectivity index (χ3v) is 4.98. The van der Waals surface area contributed by atoms with E-state index in [1.54, 1.807) is 0 Å². The zero-order chi connectivity index (χ0) is 17.7. The highest BCUT2D eigenvalue weighted by molar-refractivity contribution is 5.82. The summed E-state index contributed by atoms with van der Waals surface area (Å²) in [6.07, 6.45) is 4.44. The quantitative estimate of drug-likeness (QED) is 0.711. The van der Waals surface area contributed by atoms with Crippen molar-refractivity contribution < 1.29 is 9.90 Å². The number of amides is 1. The molecule has 136 valence electrons. The maximum absolute atomic E-state index is 13.0. The van der Waals surface area contributed by atoms with Crippen molar-refractivity contribution in [1.82, 2.24) is 20.4 Å². The van der Waals surface area contributed by atoms with E-state index in [1.165, 1.54) is 0 Å². The molecule has 1 aliphatic rings. The number of aromatic nitrogens is 2. The van der Waals surface area contributed by atoms with Crippen LogP contribution in [-0.4, -0.2) is 51.8 Å². The second kappa shape index (κ2) is 8.62. The number of hydrogen-bond acceptors (Lipinski definition) is 4. The maximum Gasteiger partial charge on any atom is 0.239 e. The fourth-order valence-electron chi connectivity index (χ4n) is 3.46. The first-order chi connectivity index (χ1) is 11.4. The SMILES string of the molecule is Cc1[nH]ncc1C(C)NC(CC(C)C)C(=O)N1CCC(CO)CC1. The van der Waals surface area contributed by atoms with Gasteiger partial charge in [-0.15, -0.1) is 0 Å². The van der Waals surface area contributed by atoms with E-state index in [9.17, 15) is 9.90 Å². The number of likely N-dealkylation sites (tertiary alicyclic amines) is 1. The van der Waals surface area contributed by atoms with Crippen molar-refractivity contribution in [3.63, 3.8) is 0 Å². The molecule has 0 radical (unpaired) electrons. The number of carbonyl (C=O) groups excluding carboxylic acids is 1. The zero-order valence-electron chi connectivity index (χ0n) is 15.4. The average Bonchev–Trinajstić information content (AvgIpc) is 2.99. The van der Waals surface area contributed by atoms with E-state index in [-0.39, 0.29) is 24.6 Å². The lowest BCUT2D eigenvalue weighted by Crippen LogP contribution is -2.50. The molecule has 3 N–H and O–H groups in total. The Morgan fingerprint density at radius 3 is 2.58 bits per heavy atom. The molecule has 2 unspecified atom stereocenters. The Morgan fingerprint density at radius 2 is 2.08 bits per heavy atom. The number of piperidine rings is 1. The zero-order valence-corrected chi connectivity index (χ0v) is 15.4. The number of carbonyl (C=O) groups is 1. The number of aromatic amines is 1. The number of nitrogens with zero attached hydrogens (tertiary/aromatic N) is 2. The molecule has 1 amide bonds. The van der Waals surface area contributed by atoms with Gasteiger partial charge in [0.15, 0.2) is 0 Å². The molecule has 0 aromatic carbocycles. The van der Waals surface area contributed by atoms with Crippen LogP contribution in [0.2, 0.25) is 0 Å². The van der Waals surface area contributed by atoms with E-state index in [2.05, 4.69) is 36.3 Å². The Kier molecular flexibility index (Phi) is 6.80. The van der Waals surface area contributed by atoms with Crippen LogP contribution in [0.4, 0.5) is 0 Å². The smallest absolute Gasteiger partial charge is 0.239 e. The standard InChI is InChI=1S/C18H32N4O2/c1-12(2)9-17(20-13(3)16-10-19-21-14(16)4)18(24)22-7-5-15(11-23)6-8-22/h10,12-13,15,17,20,23H,5-9,11H2,1-4H3,(H,19,21). The highest BCUT2D eigenvalue weighted by Crippen LogP contribution is 2.21. The number of nitrogens with one attached hydrogen (secondary N) is 2. The van der Waals surface area contributed by atoms with Gasteiger partial charge in [-0.2, -0.15) is 5.10 Å². The first-order valence-corrected chi connectivity index (χ1v) is 9.07. The van der Waals surface area contributed by atoms with Gasteiger partial charge in [0.05, 0.1) is 12.2 Å². The van der Waals surface area contributed by atoms with E-state index in [1.807, 2.05) is 18.0 Å². The Hall–Kier alpha value is -1.40. The van der Waals surface area contributed by atoms with Gasteiger partial charge in [0.1, 0.15) is 0 Å². The number of aliphatic hydroxyl groups is 1. The van der Waals surface area contributed by atoms with E-state index in [0.29, 0.717) is 11.8 Å². The van der Waals surface area contributed by atoms with Gasteiger partial charge in [0, 0.05) is 37.0 Å². The molecule has 1 fully saturated rings. The molecule has 0 saturated carbocycles. The second-order valence-corrected chi connectivity index (χ2v) is 7.47.